The highest BCUT2D eigenvalue weighted by atomic mass is 19.4. The van der Waals surface area contributed by atoms with Crippen LogP contribution >= 0.6 is 0 Å². The predicted molar refractivity (Wildman–Crippen MR) is 94.9 cm³/mol. The number of benzene rings is 3. The zero-order chi connectivity index (χ0) is 19.0. The molecule has 4 rings (SSSR count). The normalized spacial score (nSPS) is 13.3. The molecule has 136 valence electrons. The van der Waals surface area contributed by atoms with E-state index >= 15 is 0 Å². The maximum atomic E-state index is 13.2. The number of alkyl halides is 3. The molecule has 3 nitrogen and oxygen atoms in total. The van der Waals surface area contributed by atoms with E-state index in [1.165, 1.54) is 18.2 Å². The Hall–Kier alpha value is -3.28. The van der Waals surface area contributed by atoms with Gasteiger partial charge in [-0.3, -0.25) is 4.79 Å². The van der Waals surface area contributed by atoms with Gasteiger partial charge >= 0.3 is 6.18 Å². The molecule has 0 bridgehead atoms. The summed E-state index contributed by atoms with van der Waals surface area (Å²) in [6.45, 7) is 0. The van der Waals surface area contributed by atoms with Crippen molar-refractivity contribution < 1.29 is 22.7 Å². The second-order valence-corrected chi connectivity index (χ2v) is 6.14. The highest BCUT2D eigenvalue weighted by molar-refractivity contribution is 6.00. The summed E-state index contributed by atoms with van der Waals surface area (Å²) in [5, 5.41) is 2.45. The predicted octanol–water partition coefficient (Wildman–Crippen LogP) is 5.58. The van der Waals surface area contributed by atoms with Crippen LogP contribution in [-0.2, 0) is 11.0 Å². The molecular weight excluding hydrogens is 355 g/mol. The van der Waals surface area contributed by atoms with E-state index in [9.17, 15) is 18.0 Å². The molecule has 1 aliphatic heterocycles. The van der Waals surface area contributed by atoms with Crippen molar-refractivity contribution in [2.75, 3.05) is 5.32 Å². The first-order chi connectivity index (χ1) is 12.9. The van der Waals surface area contributed by atoms with Crippen LogP contribution < -0.4 is 10.1 Å². The SMILES string of the molecule is O=C(Nc1ccccc1C(F)(F)F)C1c2ccccc2Oc2ccccc21. The molecule has 27 heavy (non-hydrogen) atoms. The fourth-order valence-electron chi connectivity index (χ4n) is 3.24. The number of nitrogens with one attached hydrogen (secondary N) is 1. The van der Waals surface area contributed by atoms with E-state index in [0.29, 0.717) is 22.6 Å². The quantitative estimate of drug-likeness (QED) is 0.640. The summed E-state index contributed by atoms with van der Waals surface area (Å²) >= 11 is 0. The topological polar surface area (TPSA) is 38.3 Å². The summed E-state index contributed by atoms with van der Waals surface area (Å²) in [6.07, 6.45) is -4.56. The van der Waals surface area contributed by atoms with Gasteiger partial charge in [-0.05, 0) is 24.3 Å². The first-order valence-electron chi connectivity index (χ1n) is 8.28. The van der Waals surface area contributed by atoms with E-state index in [2.05, 4.69) is 5.32 Å². The average molecular weight is 369 g/mol. The number of anilines is 1. The number of carbonyl (C=O) groups excluding carboxylic acids is 1. The van der Waals surface area contributed by atoms with Gasteiger partial charge in [-0.1, -0.05) is 48.5 Å². The molecule has 0 spiro atoms. The van der Waals surface area contributed by atoms with Gasteiger partial charge in [-0.2, -0.15) is 13.2 Å². The Morgan fingerprint density at radius 2 is 1.33 bits per heavy atom. The molecule has 3 aromatic carbocycles. The van der Waals surface area contributed by atoms with E-state index in [4.69, 9.17) is 4.74 Å². The number of hydrogen-bond acceptors (Lipinski definition) is 2. The standard InChI is InChI=1S/C21H14F3NO2/c22-21(23,24)15-9-3-4-10-16(15)25-20(26)19-13-7-1-5-11-17(13)27-18-12-6-2-8-14(18)19/h1-12,19H,(H,25,26). The van der Waals surface area contributed by atoms with Crippen LogP contribution in [-0.4, -0.2) is 5.91 Å². The van der Waals surface area contributed by atoms with Crippen LogP contribution in [0, 0.1) is 0 Å². The lowest BCUT2D eigenvalue weighted by atomic mass is 9.87. The number of amides is 1. The lowest BCUT2D eigenvalue weighted by Crippen LogP contribution is -2.26. The average Bonchev–Trinajstić information content (AvgIpc) is 2.65. The molecule has 1 heterocycles. The fraction of sp³-hybridized carbons (Fsp3) is 0.0952. The molecular formula is C21H14F3NO2. The van der Waals surface area contributed by atoms with Gasteiger partial charge in [0, 0.05) is 11.1 Å². The molecule has 0 aliphatic carbocycles. The van der Waals surface area contributed by atoms with Crippen molar-refractivity contribution in [2.45, 2.75) is 12.1 Å². The van der Waals surface area contributed by atoms with Crippen molar-refractivity contribution in [3.05, 3.63) is 89.5 Å². The summed E-state index contributed by atoms with van der Waals surface area (Å²) < 4.78 is 45.6. The molecule has 1 N–H and O–H groups in total. The molecule has 0 radical (unpaired) electrons. The highest BCUT2D eigenvalue weighted by Crippen LogP contribution is 2.44. The largest absolute Gasteiger partial charge is 0.457 e. The number of hydrogen-bond donors (Lipinski definition) is 1. The van der Waals surface area contributed by atoms with Crippen molar-refractivity contribution in [3.8, 4) is 11.5 Å². The number of para-hydroxylation sites is 3. The van der Waals surface area contributed by atoms with E-state index in [0.717, 1.165) is 6.07 Å². The van der Waals surface area contributed by atoms with E-state index in [-0.39, 0.29) is 5.69 Å². The Balaban J connectivity index is 1.76. The second-order valence-electron chi connectivity index (χ2n) is 6.14. The maximum Gasteiger partial charge on any atom is 0.418 e. The van der Waals surface area contributed by atoms with Crippen LogP contribution in [0.5, 0.6) is 11.5 Å². The Morgan fingerprint density at radius 3 is 1.93 bits per heavy atom. The van der Waals surface area contributed by atoms with E-state index in [1.54, 1.807) is 48.5 Å². The number of carbonyl (C=O) groups is 1. The molecule has 0 atom stereocenters. The van der Waals surface area contributed by atoms with Gasteiger partial charge in [0.25, 0.3) is 0 Å². The summed E-state index contributed by atoms with van der Waals surface area (Å²) in [5.41, 5.74) is 0.0693. The van der Waals surface area contributed by atoms with Crippen molar-refractivity contribution >= 4 is 11.6 Å². The van der Waals surface area contributed by atoms with E-state index < -0.39 is 23.6 Å². The number of fused-ring (bicyclic) bond motifs is 2. The molecule has 3 aromatic rings. The molecule has 0 aromatic heterocycles. The molecule has 0 saturated heterocycles. The monoisotopic (exact) mass is 369 g/mol. The molecule has 1 amide bonds. The van der Waals surface area contributed by atoms with Crippen LogP contribution in [0.25, 0.3) is 0 Å². The number of halogens is 3. The van der Waals surface area contributed by atoms with Crippen molar-refractivity contribution in [2.24, 2.45) is 0 Å². The Morgan fingerprint density at radius 1 is 0.815 bits per heavy atom. The summed E-state index contributed by atoms with van der Waals surface area (Å²) in [4.78, 5) is 13.0. The number of rotatable bonds is 2. The van der Waals surface area contributed by atoms with Gasteiger partial charge < -0.3 is 10.1 Å². The van der Waals surface area contributed by atoms with Gasteiger partial charge in [0.2, 0.25) is 5.91 Å². The molecule has 0 unspecified atom stereocenters. The third kappa shape index (κ3) is 3.14. The van der Waals surface area contributed by atoms with Gasteiger partial charge in [0.05, 0.1) is 17.2 Å². The highest BCUT2D eigenvalue weighted by Gasteiger charge is 2.36. The first kappa shape index (κ1) is 17.1. The van der Waals surface area contributed by atoms with Crippen molar-refractivity contribution in [1.29, 1.82) is 0 Å². The van der Waals surface area contributed by atoms with Crippen LogP contribution in [0.3, 0.4) is 0 Å². The van der Waals surface area contributed by atoms with Crippen molar-refractivity contribution in [1.82, 2.24) is 0 Å². The summed E-state index contributed by atoms with van der Waals surface area (Å²) in [7, 11) is 0. The Labute approximate surface area is 153 Å². The van der Waals surface area contributed by atoms with Gasteiger partial charge in [0.1, 0.15) is 11.5 Å². The molecule has 1 aliphatic rings. The Kier molecular flexibility index (Phi) is 4.11. The maximum absolute atomic E-state index is 13.2. The molecule has 0 fully saturated rings. The molecule has 0 saturated carbocycles. The van der Waals surface area contributed by atoms with Crippen LogP contribution in [0.4, 0.5) is 18.9 Å². The smallest absolute Gasteiger partial charge is 0.418 e. The van der Waals surface area contributed by atoms with Gasteiger partial charge in [-0.25, -0.2) is 0 Å². The zero-order valence-corrected chi connectivity index (χ0v) is 14.0. The zero-order valence-electron chi connectivity index (χ0n) is 14.0. The van der Waals surface area contributed by atoms with Crippen molar-refractivity contribution in [3.63, 3.8) is 0 Å². The summed E-state index contributed by atoms with van der Waals surface area (Å²) in [6, 6.07) is 19.0. The lowest BCUT2D eigenvalue weighted by Gasteiger charge is -2.27. The minimum atomic E-state index is -4.56. The minimum Gasteiger partial charge on any atom is -0.457 e. The van der Waals surface area contributed by atoms with Gasteiger partial charge in [-0.15, -0.1) is 0 Å². The fourth-order valence-corrected chi connectivity index (χ4v) is 3.24. The van der Waals surface area contributed by atoms with E-state index in [1.807, 2.05) is 0 Å². The second kappa shape index (κ2) is 6.46. The lowest BCUT2D eigenvalue weighted by molar-refractivity contribution is -0.137. The Bertz CT molecular complexity index is 969. The summed E-state index contributed by atoms with van der Waals surface area (Å²) in [5.74, 6) is -0.289. The third-order valence-corrected chi connectivity index (χ3v) is 4.43. The van der Waals surface area contributed by atoms with Crippen LogP contribution in [0.2, 0.25) is 0 Å². The van der Waals surface area contributed by atoms with Crippen LogP contribution in [0.15, 0.2) is 72.8 Å². The molecule has 6 heteroatoms. The first-order valence-corrected chi connectivity index (χ1v) is 8.28. The third-order valence-electron chi connectivity index (χ3n) is 4.43. The number of ether oxygens (including phenoxy) is 1. The van der Waals surface area contributed by atoms with Gasteiger partial charge in [0.15, 0.2) is 0 Å². The minimum absolute atomic E-state index is 0.267. The van der Waals surface area contributed by atoms with Crippen LogP contribution in [0.1, 0.15) is 22.6 Å².